The fraction of sp³-hybridized carbons (Fsp3) is 0.133. The summed E-state index contributed by atoms with van der Waals surface area (Å²) in [7, 11) is 0. The van der Waals surface area contributed by atoms with E-state index in [4.69, 9.17) is 10.5 Å². The lowest BCUT2D eigenvalue weighted by Crippen LogP contribution is -2.19. The molecule has 0 spiro atoms. The quantitative estimate of drug-likeness (QED) is 0.824. The first kappa shape index (κ1) is 14.0. The Hall–Kier alpha value is -2.40. The third-order valence-electron chi connectivity index (χ3n) is 2.61. The zero-order valence-electron chi connectivity index (χ0n) is 10.8. The molecule has 0 aliphatic heterocycles. The van der Waals surface area contributed by atoms with E-state index in [9.17, 15) is 9.18 Å². The number of nitrogens with two attached hydrogens (primary N) is 1. The summed E-state index contributed by atoms with van der Waals surface area (Å²) in [6.07, 6.45) is 0. The lowest BCUT2D eigenvalue weighted by molar-refractivity contribution is -0.121. The second-order valence-electron chi connectivity index (χ2n) is 4.27. The van der Waals surface area contributed by atoms with Gasteiger partial charge in [0.2, 0.25) is 5.91 Å². The second kappa shape index (κ2) is 6.68. The number of ether oxygens (including phenoxy) is 1. The van der Waals surface area contributed by atoms with Gasteiger partial charge >= 0.3 is 0 Å². The summed E-state index contributed by atoms with van der Waals surface area (Å²) in [4.78, 5) is 11.6. The van der Waals surface area contributed by atoms with E-state index in [0.717, 1.165) is 5.56 Å². The first-order valence-electron chi connectivity index (χ1n) is 6.11. The zero-order chi connectivity index (χ0) is 14.4. The Labute approximate surface area is 116 Å². The summed E-state index contributed by atoms with van der Waals surface area (Å²) in [5.74, 6) is -0.957. The molecule has 104 valence electrons. The number of amides is 1. The van der Waals surface area contributed by atoms with Gasteiger partial charge in [0.05, 0.1) is 12.3 Å². The Balaban J connectivity index is 1.82. The zero-order valence-corrected chi connectivity index (χ0v) is 10.8. The highest BCUT2D eigenvalue weighted by Crippen LogP contribution is 2.17. The number of rotatable bonds is 5. The lowest BCUT2D eigenvalue weighted by Gasteiger charge is -2.08. The minimum absolute atomic E-state index is 0.0540. The predicted octanol–water partition coefficient (Wildman–Crippen LogP) is 2.56. The fourth-order valence-corrected chi connectivity index (χ4v) is 1.66. The molecule has 2 aromatic rings. The summed E-state index contributed by atoms with van der Waals surface area (Å²) in [6, 6.07) is 13.5. The van der Waals surface area contributed by atoms with Gasteiger partial charge in [0, 0.05) is 5.69 Å². The molecule has 0 atom stereocenters. The molecule has 0 bridgehead atoms. The number of nitrogen functional groups attached to an aromatic ring is 1. The Morgan fingerprint density at radius 3 is 2.70 bits per heavy atom. The molecule has 0 radical (unpaired) electrons. The first-order chi connectivity index (χ1) is 9.65. The molecular weight excluding hydrogens is 259 g/mol. The average Bonchev–Trinajstić information content (AvgIpc) is 2.44. The molecule has 0 saturated heterocycles. The molecule has 3 N–H and O–H groups in total. The maximum atomic E-state index is 13.4. The van der Waals surface area contributed by atoms with Gasteiger partial charge in [-0.05, 0) is 23.8 Å². The summed E-state index contributed by atoms with van der Waals surface area (Å²) >= 11 is 0. The van der Waals surface area contributed by atoms with E-state index in [2.05, 4.69) is 5.32 Å². The van der Waals surface area contributed by atoms with Crippen LogP contribution >= 0.6 is 0 Å². The van der Waals surface area contributed by atoms with Crippen molar-refractivity contribution in [3.05, 3.63) is 59.9 Å². The molecule has 0 heterocycles. The van der Waals surface area contributed by atoms with E-state index in [0.29, 0.717) is 12.3 Å². The van der Waals surface area contributed by atoms with Crippen molar-refractivity contribution in [1.29, 1.82) is 0 Å². The van der Waals surface area contributed by atoms with E-state index in [-0.39, 0.29) is 12.3 Å². The minimum atomic E-state index is -0.532. The third-order valence-corrected chi connectivity index (χ3v) is 2.61. The van der Waals surface area contributed by atoms with Crippen molar-refractivity contribution >= 4 is 17.3 Å². The molecule has 0 saturated carbocycles. The smallest absolute Gasteiger partial charge is 0.250 e. The van der Waals surface area contributed by atoms with Gasteiger partial charge in [-0.25, -0.2) is 4.39 Å². The van der Waals surface area contributed by atoms with Crippen LogP contribution in [-0.2, 0) is 16.1 Å². The number of benzene rings is 2. The van der Waals surface area contributed by atoms with E-state index < -0.39 is 11.7 Å². The topological polar surface area (TPSA) is 64.3 Å². The van der Waals surface area contributed by atoms with Gasteiger partial charge in [-0.3, -0.25) is 4.79 Å². The first-order valence-corrected chi connectivity index (χ1v) is 6.11. The molecule has 2 aromatic carbocycles. The van der Waals surface area contributed by atoms with E-state index in [1.807, 2.05) is 30.3 Å². The summed E-state index contributed by atoms with van der Waals surface area (Å²) < 4.78 is 18.7. The number of hydrogen-bond acceptors (Lipinski definition) is 3. The summed E-state index contributed by atoms with van der Waals surface area (Å²) in [5.41, 5.74) is 6.93. The molecule has 20 heavy (non-hydrogen) atoms. The fourth-order valence-electron chi connectivity index (χ4n) is 1.66. The minimum Gasteiger partial charge on any atom is -0.399 e. The van der Waals surface area contributed by atoms with Crippen molar-refractivity contribution in [3.8, 4) is 0 Å². The number of anilines is 2. The predicted molar refractivity (Wildman–Crippen MR) is 75.5 cm³/mol. The summed E-state index contributed by atoms with van der Waals surface area (Å²) in [6.45, 7) is 0.177. The lowest BCUT2D eigenvalue weighted by atomic mass is 10.2. The molecule has 0 fully saturated rings. The van der Waals surface area contributed by atoms with Crippen LogP contribution in [0.3, 0.4) is 0 Å². The van der Waals surface area contributed by atoms with Crippen LogP contribution in [0.25, 0.3) is 0 Å². The number of hydrogen-bond donors (Lipinski definition) is 2. The van der Waals surface area contributed by atoms with Crippen molar-refractivity contribution in [2.75, 3.05) is 17.7 Å². The van der Waals surface area contributed by atoms with Crippen molar-refractivity contribution in [1.82, 2.24) is 0 Å². The van der Waals surface area contributed by atoms with Gasteiger partial charge in [0.15, 0.2) is 0 Å². The van der Waals surface area contributed by atoms with Crippen LogP contribution in [0.1, 0.15) is 5.56 Å². The molecule has 2 rings (SSSR count). The van der Waals surface area contributed by atoms with Crippen LogP contribution < -0.4 is 11.1 Å². The highest BCUT2D eigenvalue weighted by molar-refractivity contribution is 5.92. The number of carbonyl (C=O) groups is 1. The largest absolute Gasteiger partial charge is 0.399 e. The van der Waals surface area contributed by atoms with Crippen LogP contribution in [0, 0.1) is 5.82 Å². The second-order valence-corrected chi connectivity index (χ2v) is 4.27. The SMILES string of the molecule is Nc1ccc(F)c(NC(=O)COCc2ccccc2)c1. The monoisotopic (exact) mass is 274 g/mol. The Morgan fingerprint density at radius 2 is 1.95 bits per heavy atom. The molecule has 0 aliphatic rings. The molecule has 5 heteroatoms. The number of halogens is 1. The maximum absolute atomic E-state index is 13.4. The molecule has 4 nitrogen and oxygen atoms in total. The normalized spacial score (nSPS) is 10.2. The highest BCUT2D eigenvalue weighted by Gasteiger charge is 2.07. The number of carbonyl (C=O) groups excluding carboxylic acids is 1. The van der Waals surface area contributed by atoms with Crippen molar-refractivity contribution < 1.29 is 13.9 Å². The van der Waals surface area contributed by atoms with Crippen molar-refractivity contribution in [2.45, 2.75) is 6.61 Å². The van der Waals surface area contributed by atoms with E-state index in [1.54, 1.807) is 0 Å². The van der Waals surface area contributed by atoms with Crippen LogP contribution in [0.4, 0.5) is 15.8 Å². The molecule has 1 amide bonds. The van der Waals surface area contributed by atoms with Gasteiger partial charge in [-0.2, -0.15) is 0 Å². The third kappa shape index (κ3) is 4.07. The molecule has 0 aromatic heterocycles. The Morgan fingerprint density at radius 1 is 1.20 bits per heavy atom. The standard InChI is InChI=1S/C15H15FN2O2/c16-13-7-6-12(17)8-14(13)18-15(19)10-20-9-11-4-2-1-3-5-11/h1-8H,9-10,17H2,(H,18,19). The average molecular weight is 274 g/mol. The van der Waals surface area contributed by atoms with E-state index in [1.165, 1.54) is 18.2 Å². The van der Waals surface area contributed by atoms with Crippen LogP contribution in [0.2, 0.25) is 0 Å². The Kier molecular flexibility index (Phi) is 4.68. The summed E-state index contributed by atoms with van der Waals surface area (Å²) in [5, 5.41) is 2.42. The van der Waals surface area contributed by atoms with Gasteiger partial charge < -0.3 is 15.8 Å². The van der Waals surface area contributed by atoms with Crippen LogP contribution in [0.15, 0.2) is 48.5 Å². The Bertz CT molecular complexity index is 588. The maximum Gasteiger partial charge on any atom is 0.250 e. The molecule has 0 aliphatic carbocycles. The highest BCUT2D eigenvalue weighted by atomic mass is 19.1. The van der Waals surface area contributed by atoms with Crippen LogP contribution in [-0.4, -0.2) is 12.5 Å². The van der Waals surface area contributed by atoms with E-state index >= 15 is 0 Å². The van der Waals surface area contributed by atoms with Gasteiger partial charge in [0.25, 0.3) is 0 Å². The molecule has 0 unspecified atom stereocenters. The van der Waals surface area contributed by atoms with Crippen molar-refractivity contribution in [2.24, 2.45) is 0 Å². The van der Waals surface area contributed by atoms with Gasteiger partial charge in [-0.15, -0.1) is 0 Å². The van der Waals surface area contributed by atoms with Crippen molar-refractivity contribution in [3.63, 3.8) is 0 Å². The van der Waals surface area contributed by atoms with Gasteiger partial charge in [-0.1, -0.05) is 30.3 Å². The number of nitrogens with one attached hydrogen (secondary N) is 1. The van der Waals surface area contributed by atoms with Crippen LogP contribution in [0.5, 0.6) is 0 Å². The van der Waals surface area contributed by atoms with Gasteiger partial charge in [0.1, 0.15) is 12.4 Å². The molecular formula is C15H15FN2O2.